The number of likely N-dealkylation sites (N-methyl/N-ethyl adjacent to an activating group) is 1. The largest absolute Gasteiger partial charge is 0.493 e. The minimum Gasteiger partial charge on any atom is -0.493 e. The lowest BCUT2D eigenvalue weighted by atomic mass is 10.2. The predicted octanol–water partition coefficient (Wildman–Crippen LogP) is 1.80. The molecule has 31 heavy (non-hydrogen) atoms. The number of nitrogens with one attached hydrogen (secondary N) is 1. The summed E-state index contributed by atoms with van der Waals surface area (Å²) in [6.07, 6.45) is 4.11. The van der Waals surface area contributed by atoms with Gasteiger partial charge in [-0.25, -0.2) is 0 Å². The Labute approximate surface area is 186 Å². The Balaban J connectivity index is 1.40. The summed E-state index contributed by atoms with van der Waals surface area (Å²) in [6, 6.07) is 9.99. The molecule has 2 heterocycles. The Bertz CT molecular complexity index is 767. The van der Waals surface area contributed by atoms with E-state index in [4.69, 9.17) is 9.47 Å². The molecule has 0 saturated carbocycles. The first kappa shape index (κ1) is 23.5. The van der Waals surface area contributed by atoms with Gasteiger partial charge in [0.25, 0.3) is 0 Å². The van der Waals surface area contributed by atoms with Crippen LogP contribution < -0.4 is 14.8 Å². The number of hydrogen-bond acceptors (Lipinski definition) is 7. The van der Waals surface area contributed by atoms with Crippen LogP contribution in [-0.2, 0) is 13.0 Å². The third-order valence-corrected chi connectivity index (χ3v) is 5.68. The Morgan fingerprint density at radius 1 is 1.10 bits per heavy atom. The molecule has 0 bridgehead atoms. The fourth-order valence-electron chi connectivity index (χ4n) is 3.78. The third kappa shape index (κ3) is 7.78. The molecule has 0 radical (unpaired) electrons. The SMILES string of the molecule is CCN1CCN(C[C@@H](O)COc2ccc(CNCCc3cccnc3)cc2OC)CC1. The van der Waals surface area contributed by atoms with E-state index >= 15 is 0 Å². The van der Waals surface area contributed by atoms with Crippen LogP contribution in [0.5, 0.6) is 11.5 Å². The number of nitrogens with zero attached hydrogens (tertiary/aromatic N) is 3. The summed E-state index contributed by atoms with van der Waals surface area (Å²) in [5, 5.41) is 13.9. The molecule has 170 valence electrons. The quantitative estimate of drug-likeness (QED) is 0.500. The number of ether oxygens (including phenoxy) is 2. The maximum absolute atomic E-state index is 10.4. The van der Waals surface area contributed by atoms with Gasteiger partial charge in [-0.15, -0.1) is 0 Å². The number of methoxy groups -OCH3 is 1. The molecule has 2 N–H and O–H groups in total. The molecule has 1 atom stereocenters. The average Bonchev–Trinajstić information content (AvgIpc) is 2.82. The third-order valence-electron chi connectivity index (χ3n) is 5.68. The number of hydrogen-bond donors (Lipinski definition) is 2. The molecular weight excluding hydrogens is 392 g/mol. The molecule has 1 saturated heterocycles. The van der Waals surface area contributed by atoms with Gasteiger partial charge in [-0.05, 0) is 48.8 Å². The van der Waals surface area contributed by atoms with Gasteiger partial charge in [0.05, 0.1) is 7.11 Å². The Morgan fingerprint density at radius 3 is 2.61 bits per heavy atom. The van der Waals surface area contributed by atoms with Gasteiger partial charge >= 0.3 is 0 Å². The molecule has 0 spiro atoms. The molecule has 3 rings (SSSR count). The molecule has 2 aromatic rings. The van der Waals surface area contributed by atoms with Crippen molar-refractivity contribution in [3.63, 3.8) is 0 Å². The molecule has 0 aliphatic carbocycles. The summed E-state index contributed by atoms with van der Waals surface area (Å²) in [4.78, 5) is 8.88. The first-order chi connectivity index (χ1) is 15.2. The van der Waals surface area contributed by atoms with E-state index in [0.717, 1.165) is 57.8 Å². The number of aromatic nitrogens is 1. The highest BCUT2D eigenvalue weighted by Crippen LogP contribution is 2.28. The van der Waals surface area contributed by atoms with E-state index in [2.05, 4.69) is 33.1 Å². The zero-order valence-electron chi connectivity index (χ0n) is 18.8. The highest BCUT2D eigenvalue weighted by Gasteiger charge is 2.19. The summed E-state index contributed by atoms with van der Waals surface area (Å²) < 4.78 is 11.4. The van der Waals surface area contributed by atoms with Crippen molar-refractivity contribution in [3.05, 3.63) is 53.9 Å². The molecule has 1 aliphatic rings. The van der Waals surface area contributed by atoms with Gasteiger partial charge in [-0.1, -0.05) is 19.1 Å². The van der Waals surface area contributed by atoms with Crippen LogP contribution >= 0.6 is 0 Å². The first-order valence-electron chi connectivity index (χ1n) is 11.2. The van der Waals surface area contributed by atoms with Crippen molar-refractivity contribution < 1.29 is 14.6 Å². The van der Waals surface area contributed by atoms with Crippen LogP contribution in [0.4, 0.5) is 0 Å². The summed E-state index contributed by atoms with van der Waals surface area (Å²) in [5.74, 6) is 1.35. The lowest BCUT2D eigenvalue weighted by Crippen LogP contribution is -2.49. The molecule has 7 nitrogen and oxygen atoms in total. The van der Waals surface area contributed by atoms with Crippen molar-refractivity contribution in [1.29, 1.82) is 0 Å². The van der Waals surface area contributed by atoms with Crippen molar-refractivity contribution in [2.45, 2.75) is 26.0 Å². The molecule has 1 fully saturated rings. The van der Waals surface area contributed by atoms with Gasteiger partial charge in [-0.3, -0.25) is 9.88 Å². The number of pyridine rings is 1. The van der Waals surface area contributed by atoms with Gasteiger partial charge in [0, 0.05) is 51.7 Å². The number of aliphatic hydroxyl groups excluding tert-OH is 1. The van der Waals surface area contributed by atoms with Gasteiger partial charge in [0.1, 0.15) is 12.7 Å². The number of rotatable bonds is 12. The first-order valence-corrected chi connectivity index (χ1v) is 11.2. The number of piperazine rings is 1. The van der Waals surface area contributed by atoms with Crippen LogP contribution in [-0.4, -0.2) is 85.5 Å². The van der Waals surface area contributed by atoms with Crippen molar-refractivity contribution >= 4 is 0 Å². The van der Waals surface area contributed by atoms with Crippen LogP contribution in [0.3, 0.4) is 0 Å². The van der Waals surface area contributed by atoms with E-state index in [1.165, 1.54) is 5.56 Å². The minimum absolute atomic E-state index is 0.257. The predicted molar refractivity (Wildman–Crippen MR) is 123 cm³/mol. The zero-order valence-corrected chi connectivity index (χ0v) is 18.8. The van der Waals surface area contributed by atoms with E-state index in [0.29, 0.717) is 18.0 Å². The normalized spacial score (nSPS) is 16.2. The Hall–Kier alpha value is -2.19. The molecule has 0 amide bonds. The topological polar surface area (TPSA) is 70.1 Å². The molecule has 7 heteroatoms. The maximum Gasteiger partial charge on any atom is 0.161 e. The Kier molecular flexibility index (Phi) is 9.55. The molecular formula is C24H36N4O3. The maximum atomic E-state index is 10.4. The average molecular weight is 429 g/mol. The van der Waals surface area contributed by atoms with E-state index in [1.54, 1.807) is 13.3 Å². The van der Waals surface area contributed by atoms with E-state index in [9.17, 15) is 5.11 Å². The number of β-amino-alcohol motifs (C(OH)–C–C–N with tert-alkyl or cyclic N) is 1. The molecule has 1 aromatic carbocycles. The fraction of sp³-hybridized carbons (Fsp3) is 0.542. The van der Waals surface area contributed by atoms with Crippen LogP contribution in [0, 0.1) is 0 Å². The van der Waals surface area contributed by atoms with Crippen molar-refractivity contribution in [3.8, 4) is 11.5 Å². The fourth-order valence-corrected chi connectivity index (χ4v) is 3.78. The minimum atomic E-state index is -0.522. The summed E-state index contributed by atoms with van der Waals surface area (Å²) in [6.45, 7) is 9.93. The lowest BCUT2D eigenvalue weighted by Gasteiger charge is -2.34. The summed E-state index contributed by atoms with van der Waals surface area (Å²) in [7, 11) is 1.64. The van der Waals surface area contributed by atoms with Crippen LogP contribution in [0.2, 0.25) is 0 Å². The highest BCUT2D eigenvalue weighted by atomic mass is 16.5. The van der Waals surface area contributed by atoms with Crippen molar-refractivity contribution in [1.82, 2.24) is 20.1 Å². The van der Waals surface area contributed by atoms with Gasteiger partial charge in [-0.2, -0.15) is 0 Å². The summed E-state index contributed by atoms with van der Waals surface area (Å²) >= 11 is 0. The van der Waals surface area contributed by atoms with Crippen molar-refractivity contribution in [2.24, 2.45) is 0 Å². The highest BCUT2D eigenvalue weighted by molar-refractivity contribution is 5.43. The second-order valence-electron chi connectivity index (χ2n) is 7.97. The molecule has 1 aromatic heterocycles. The van der Waals surface area contributed by atoms with Crippen LogP contribution in [0.25, 0.3) is 0 Å². The second-order valence-corrected chi connectivity index (χ2v) is 7.97. The van der Waals surface area contributed by atoms with Crippen molar-refractivity contribution in [2.75, 3.05) is 59.5 Å². The molecule has 1 aliphatic heterocycles. The van der Waals surface area contributed by atoms with E-state index < -0.39 is 6.10 Å². The standard InChI is InChI=1S/C24H36N4O3/c1-3-27-11-13-28(14-12-27)18-22(29)19-31-23-7-6-21(15-24(23)30-2)17-26-10-8-20-5-4-9-25-16-20/h4-7,9,15-16,22,26,29H,3,8,10-14,17-19H2,1-2H3/t22-/m1/s1. The monoisotopic (exact) mass is 428 g/mol. The zero-order chi connectivity index (χ0) is 21.9. The van der Waals surface area contributed by atoms with Gasteiger partial charge in [0.15, 0.2) is 11.5 Å². The van der Waals surface area contributed by atoms with Crippen LogP contribution in [0.1, 0.15) is 18.1 Å². The molecule has 0 unspecified atom stereocenters. The number of benzene rings is 1. The van der Waals surface area contributed by atoms with Crippen LogP contribution in [0.15, 0.2) is 42.7 Å². The summed E-state index contributed by atoms with van der Waals surface area (Å²) in [5.41, 5.74) is 2.35. The lowest BCUT2D eigenvalue weighted by molar-refractivity contribution is 0.0464. The van der Waals surface area contributed by atoms with Gasteiger partial charge < -0.3 is 24.8 Å². The number of aliphatic hydroxyl groups is 1. The van der Waals surface area contributed by atoms with E-state index in [1.807, 2.05) is 30.5 Å². The Morgan fingerprint density at radius 2 is 1.90 bits per heavy atom. The van der Waals surface area contributed by atoms with Gasteiger partial charge in [0.2, 0.25) is 0 Å². The second kappa shape index (κ2) is 12.6. The van der Waals surface area contributed by atoms with E-state index in [-0.39, 0.29) is 6.61 Å². The smallest absolute Gasteiger partial charge is 0.161 e.